The zero-order valence-electron chi connectivity index (χ0n) is 11.3. The van der Waals surface area contributed by atoms with Crippen molar-refractivity contribution in [1.82, 2.24) is 9.80 Å². The van der Waals surface area contributed by atoms with Crippen molar-refractivity contribution in [3.63, 3.8) is 0 Å². The van der Waals surface area contributed by atoms with Gasteiger partial charge in [-0.15, -0.1) is 0 Å². The summed E-state index contributed by atoms with van der Waals surface area (Å²) in [6.07, 6.45) is -0.258. The Morgan fingerprint density at radius 1 is 1.22 bits per heavy atom. The smallest absolute Gasteiger partial charge is 0.410 e. The van der Waals surface area contributed by atoms with Crippen molar-refractivity contribution >= 4 is 12.6 Å². The Morgan fingerprint density at radius 2 is 1.83 bits per heavy atom. The van der Waals surface area contributed by atoms with Gasteiger partial charge in [0.1, 0.15) is 12.2 Å². The summed E-state index contributed by atoms with van der Waals surface area (Å²) in [6.45, 7) is 10.00. The Balaban J connectivity index is 2.26. The third-order valence-electron chi connectivity index (χ3n) is 2.62. The van der Waals surface area contributed by atoms with Crippen LogP contribution in [0.15, 0.2) is 0 Å². The summed E-state index contributed by atoms with van der Waals surface area (Å²) in [5.41, 5.74) is -0.452. The van der Waals surface area contributed by atoms with Crippen LogP contribution in [-0.4, -0.2) is 67.3 Å². The molecule has 1 aliphatic heterocycles. The molecule has 1 aliphatic rings. The molecule has 1 saturated heterocycles. The lowest BCUT2D eigenvalue weighted by atomic mass is 10.2. The number of carbonyl (C=O) groups is 2. The van der Waals surface area contributed by atoms with E-state index in [9.17, 15) is 9.59 Å². The molecule has 0 aromatic rings. The van der Waals surface area contributed by atoms with Crippen LogP contribution in [0.25, 0.3) is 0 Å². The number of piperazine rings is 1. The third kappa shape index (κ3) is 5.35. The van der Waals surface area contributed by atoms with Crippen LogP contribution in [0.3, 0.4) is 0 Å². The fraction of sp³-hybridized carbons (Fsp3) is 0.833. The van der Waals surface area contributed by atoms with Crippen LogP contribution in [-0.2, 0) is 14.3 Å². The molecule has 104 valence electrons. The van der Waals surface area contributed by atoms with E-state index in [1.165, 1.54) is 0 Å². The highest BCUT2D eigenvalue weighted by Gasteiger charge is 2.25. The number of hydrogen-bond acceptors (Lipinski definition) is 5. The third-order valence-corrected chi connectivity index (χ3v) is 2.62. The largest absolute Gasteiger partial charge is 0.467 e. The lowest BCUT2D eigenvalue weighted by Crippen LogP contribution is -2.50. The van der Waals surface area contributed by atoms with E-state index in [-0.39, 0.29) is 6.09 Å². The second-order valence-electron chi connectivity index (χ2n) is 5.28. The number of nitrogens with zero attached hydrogens (tertiary/aromatic N) is 2. The molecule has 1 rings (SSSR count). The van der Waals surface area contributed by atoms with Crippen LogP contribution in [0.4, 0.5) is 4.79 Å². The van der Waals surface area contributed by atoms with Crippen LogP contribution in [0.5, 0.6) is 0 Å². The van der Waals surface area contributed by atoms with Crippen molar-refractivity contribution in [2.45, 2.75) is 26.4 Å². The van der Waals surface area contributed by atoms with Crippen LogP contribution in [0.1, 0.15) is 20.8 Å². The van der Waals surface area contributed by atoms with Crippen molar-refractivity contribution in [3.05, 3.63) is 0 Å². The minimum Gasteiger partial charge on any atom is -0.467 e. The molecule has 1 heterocycles. The Hall–Kier alpha value is -1.30. The topological polar surface area (TPSA) is 59.1 Å². The molecule has 1 fully saturated rings. The summed E-state index contributed by atoms with van der Waals surface area (Å²) < 4.78 is 9.96. The highest BCUT2D eigenvalue weighted by molar-refractivity contribution is 5.68. The molecule has 6 heteroatoms. The van der Waals surface area contributed by atoms with Gasteiger partial charge in [0.25, 0.3) is 6.47 Å². The summed E-state index contributed by atoms with van der Waals surface area (Å²) in [7, 11) is 0. The van der Waals surface area contributed by atoms with E-state index in [0.717, 1.165) is 13.1 Å². The van der Waals surface area contributed by atoms with Crippen LogP contribution < -0.4 is 0 Å². The van der Waals surface area contributed by atoms with Crippen molar-refractivity contribution in [2.75, 3.05) is 39.3 Å². The monoisotopic (exact) mass is 258 g/mol. The maximum absolute atomic E-state index is 11.8. The number of rotatable bonds is 4. The van der Waals surface area contributed by atoms with E-state index in [0.29, 0.717) is 32.7 Å². The number of hydrogen-bond donors (Lipinski definition) is 0. The highest BCUT2D eigenvalue weighted by Crippen LogP contribution is 2.11. The molecule has 0 bridgehead atoms. The number of carbonyl (C=O) groups excluding carboxylic acids is 2. The van der Waals surface area contributed by atoms with E-state index >= 15 is 0 Å². The van der Waals surface area contributed by atoms with Crippen LogP contribution in [0.2, 0.25) is 0 Å². The number of amides is 1. The van der Waals surface area contributed by atoms with Crippen LogP contribution >= 0.6 is 0 Å². The van der Waals surface area contributed by atoms with Gasteiger partial charge in [-0.25, -0.2) is 4.79 Å². The molecule has 0 N–H and O–H groups in total. The van der Waals surface area contributed by atoms with Gasteiger partial charge in [-0.1, -0.05) is 0 Å². The molecule has 0 atom stereocenters. The number of ether oxygens (including phenoxy) is 2. The van der Waals surface area contributed by atoms with Crippen LogP contribution in [0, 0.1) is 0 Å². The molecule has 0 radical (unpaired) electrons. The van der Waals surface area contributed by atoms with Crippen molar-refractivity contribution in [2.24, 2.45) is 0 Å². The zero-order valence-corrected chi connectivity index (χ0v) is 11.3. The second-order valence-corrected chi connectivity index (χ2v) is 5.28. The first kappa shape index (κ1) is 14.8. The molecule has 0 unspecified atom stereocenters. The van der Waals surface area contributed by atoms with Gasteiger partial charge >= 0.3 is 6.09 Å². The fourth-order valence-corrected chi connectivity index (χ4v) is 1.71. The molecule has 6 nitrogen and oxygen atoms in total. The first-order chi connectivity index (χ1) is 8.42. The molecule has 0 aromatic carbocycles. The first-order valence-electron chi connectivity index (χ1n) is 6.18. The van der Waals surface area contributed by atoms with E-state index in [4.69, 9.17) is 4.74 Å². The van der Waals surface area contributed by atoms with Gasteiger partial charge in [0.15, 0.2) is 0 Å². The summed E-state index contributed by atoms with van der Waals surface area (Å²) in [6, 6.07) is 0. The van der Waals surface area contributed by atoms with E-state index < -0.39 is 5.60 Å². The normalized spacial score (nSPS) is 17.4. The quantitative estimate of drug-likeness (QED) is 0.549. The Bertz CT molecular complexity index is 280. The van der Waals surface area contributed by atoms with Crippen molar-refractivity contribution in [1.29, 1.82) is 0 Å². The molecule has 0 saturated carbocycles. The van der Waals surface area contributed by atoms with E-state index in [2.05, 4.69) is 9.64 Å². The molecular formula is C12H22N2O4. The van der Waals surface area contributed by atoms with E-state index in [1.807, 2.05) is 20.8 Å². The van der Waals surface area contributed by atoms with Gasteiger partial charge in [-0.05, 0) is 20.8 Å². The summed E-state index contributed by atoms with van der Waals surface area (Å²) in [5.74, 6) is 0. The predicted octanol–water partition coefficient (Wildman–Crippen LogP) is 0.712. The molecule has 0 aliphatic carbocycles. The lowest BCUT2D eigenvalue weighted by molar-refractivity contribution is -0.129. The predicted molar refractivity (Wildman–Crippen MR) is 66.3 cm³/mol. The Morgan fingerprint density at radius 3 is 2.33 bits per heavy atom. The van der Waals surface area contributed by atoms with Crippen molar-refractivity contribution in [3.8, 4) is 0 Å². The summed E-state index contributed by atoms with van der Waals surface area (Å²) >= 11 is 0. The van der Waals surface area contributed by atoms with Gasteiger partial charge in [0.2, 0.25) is 0 Å². The average molecular weight is 258 g/mol. The van der Waals surface area contributed by atoms with Gasteiger partial charge in [-0.2, -0.15) is 0 Å². The highest BCUT2D eigenvalue weighted by atomic mass is 16.6. The van der Waals surface area contributed by atoms with Gasteiger partial charge in [0.05, 0.1) is 0 Å². The van der Waals surface area contributed by atoms with Gasteiger partial charge < -0.3 is 14.4 Å². The standard InChI is InChI=1S/C12H22N2O4/c1-12(2,3)18-11(16)14-6-4-13(5-7-14)8-9-17-10-15/h10H,4-9H2,1-3H3. The minimum atomic E-state index is -0.452. The Kier molecular flexibility index (Phi) is 5.40. The summed E-state index contributed by atoms with van der Waals surface area (Å²) in [5, 5.41) is 0. The first-order valence-corrected chi connectivity index (χ1v) is 6.18. The summed E-state index contributed by atoms with van der Waals surface area (Å²) in [4.78, 5) is 25.7. The minimum absolute atomic E-state index is 0.258. The average Bonchev–Trinajstić information content (AvgIpc) is 2.28. The van der Waals surface area contributed by atoms with E-state index in [1.54, 1.807) is 4.90 Å². The Labute approximate surface area is 108 Å². The maximum Gasteiger partial charge on any atom is 0.410 e. The van der Waals surface area contributed by atoms with Gasteiger partial charge in [0, 0.05) is 32.7 Å². The van der Waals surface area contributed by atoms with Gasteiger partial charge in [-0.3, -0.25) is 9.69 Å². The molecule has 0 aromatic heterocycles. The fourth-order valence-electron chi connectivity index (χ4n) is 1.71. The lowest BCUT2D eigenvalue weighted by Gasteiger charge is -2.35. The SMILES string of the molecule is CC(C)(C)OC(=O)N1CCN(CCOC=O)CC1. The molecule has 18 heavy (non-hydrogen) atoms. The second kappa shape index (κ2) is 6.58. The maximum atomic E-state index is 11.8. The molecule has 0 spiro atoms. The zero-order chi connectivity index (χ0) is 13.6. The molecular weight excluding hydrogens is 236 g/mol. The van der Waals surface area contributed by atoms with Crippen molar-refractivity contribution < 1.29 is 19.1 Å². The molecule has 1 amide bonds.